The molecule has 0 fully saturated rings. The van der Waals surface area contributed by atoms with Crippen LogP contribution in [-0.4, -0.2) is 0 Å². The van der Waals surface area contributed by atoms with Crippen LogP contribution >= 0.6 is 15.9 Å². The summed E-state index contributed by atoms with van der Waals surface area (Å²) >= 11 is 3.08. The first-order chi connectivity index (χ1) is 5.77. The van der Waals surface area contributed by atoms with Crippen LogP contribution in [0.5, 0.6) is 0 Å². The van der Waals surface area contributed by atoms with Crippen molar-refractivity contribution in [3.63, 3.8) is 0 Å². The van der Waals surface area contributed by atoms with Crippen molar-refractivity contribution in [1.29, 1.82) is 0 Å². The Hall–Kier alpha value is -0.960. The maximum atomic E-state index is 10.3. The molecule has 1 aromatic rings. The third-order valence-electron chi connectivity index (χ3n) is 1.55. The van der Waals surface area contributed by atoms with Crippen LogP contribution in [0, 0.1) is 11.8 Å². The Morgan fingerprint density at radius 3 is 2.42 bits per heavy atom. The third kappa shape index (κ3) is 2.01. The molecular weight excluding hydrogens is 218 g/mol. The van der Waals surface area contributed by atoms with Gasteiger partial charge < -0.3 is 0 Å². The van der Waals surface area contributed by atoms with Crippen molar-refractivity contribution in [3.05, 3.63) is 45.3 Å². The van der Waals surface area contributed by atoms with Gasteiger partial charge in [0.05, 0.1) is 0 Å². The SMILES string of the molecule is Cc1ccc(/C(=C\Br)N=O)cc1. The first kappa shape index (κ1) is 9.13. The average Bonchev–Trinajstić information content (AvgIpc) is 2.10. The first-order valence-electron chi connectivity index (χ1n) is 3.48. The second kappa shape index (κ2) is 4.16. The molecule has 0 radical (unpaired) electrons. The molecule has 3 heteroatoms. The average molecular weight is 226 g/mol. The standard InChI is InChI=1S/C9H8BrNO/c1-7-2-4-8(5-3-7)9(6-10)11-12/h2-6H,1H3/b9-6+. The van der Waals surface area contributed by atoms with Crippen LogP contribution in [-0.2, 0) is 0 Å². The van der Waals surface area contributed by atoms with E-state index in [1.165, 1.54) is 10.5 Å². The Labute approximate surface area is 79.4 Å². The molecule has 0 aromatic heterocycles. The van der Waals surface area contributed by atoms with Crippen LogP contribution in [0.25, 0.3) is 5.70 Å². The van der Waals surface area contributed by atoms with Gasteiger partial charge >= 0.3 is 0 Å². The van der Waals surface area contributed by atoms with Crippen molar-refractivity contribution in [3.8, 4) is 0 Å². The Balaban J connectivity index is 3.04. The molecule has 0 atom stereocenters. The van der Waals surface area contributed by atoms with Crippen LogP contribution in [0.15, 0.2) is 34.4 Å². The molecule has 0 unspecified atom stereocenters. The minimum atomic E-state index is 0.412. The molecule has 0 N–H and O–H groups in total. The fraction of sp³-hybridized carbons (Fsp3) is 0.111. The Bertz CT molecular complexity index is 303. The monoisotopic (exact) mass is 225 g/mol. The van der Waals surface area contributed by atoms with E-state index in [1.54, 1.807) is 0 Å². The third-order valence-corrected chi connectivity index (χ3v) is 1.98. The van der Waals surface area contributed by atoms with Gasteiger partial charge in [0.25, 0.3) is 0 Å². The van der Waals surface area contributed by atoms with Crippen LogP contribution < -0.4 is 0 Å². The highest BCUT2D eigenvalue weighted by molar-refractivity contribution is 9.11. The molecule has 2 nitrogen and oxygen atoms in total. The van der Waals surface area contributed by atoms with Crippen molar-refractivity contribution in [2.75, 3.05) is 0 Å². The van der Waals surface area contributed by atoms with Crippen LogP contribution in [0.2, 0.25) is 0 Å². The summed E-state index contributed by atoms with van der Waals surface area (Å²) in [4.78, 5) is 11.8. The number of nitroso groups, excluding NO2 is 1. The van der Waals surface area contributed by atoms with E-state index in [-0.39, 0.29) is 0 Å². The zero-order valence-corrected chi connectivity index (χ0v) is 8.21. The lowest BCUT2D eigenvalue weighted by atomic mass is 10.1. The Kier molecular flexibility index (Phi) is 3.17. The molecule has 1 rings (SSSR count). The summed E-state index contributed by atoms with van der Waals surface area (Å²) in [5, 5.41) is 2.87. The lowest BCUT2D eigenvalue weighted by molar-refractivity contribution is 1.43. The number of rotatable bonds is 2. The number of nitrogens with zero attached hydrogens (tertiary/aromatic N) is 1. The quantitative estimate of drug-likeness (QED) is 0.710. The van der Waals surface area contributed by atoms with E-state index < -0.39 is 0 Å². The van der Waals surface area contributed by atoms with Crippen LogP contribution in [0.1, 0.15) is 11.1 Å². The van der Waals surface area contributed by atoms with Gasteiger partial charge in [-0.3, -0.25) is 0 Å². The smallest absolute Gasteiger partial charge is 0.122 e. The maximum Gasteiger partial charge on any atom is 0.122 e. The number of hydrogen-bond acceptors (Lipinski definition) is 2. The lowest BCUT2D eigenvalue weighted by Gasteiger charge is -1.97. The van der Waals surface area contributed by atoms with Crippen molar-refractivity contribution < 1.29 is 0 Å². The first-order valence-corrected chi connectivity index (χ1v) is 4.40. The van der Waals surface area contributed by atoms with Gasteiger partial charge in [-0.1, -0.05) is 45.8 Å². The van der Waals surface area contributed by atoms with E-state index in [2.05, 4.69) is 21.1 Å². The molecule has 0 saturated carbocycles. The molecule has 12 heavy (non-hydrogen) atoms. The molecule has 0 aliphatic rings. The molecule has 62 valence electrons. The van der Waals surface area contributed by atoms with Gasteiger partial charge in [0.1, 0.15) is 5.70 Å². The number of aryl methyl sites for hydroxylation is 1. The highest BCUT2D eigenvalue weighted by Gasteiger charge is 1.98. The van der Waals surface area contributed by atoms with Gasteiger partial charge in [-0.25, -0.2) is 0 Å². The zero-order chi connectivity index (χ0) is 8.97. The molecule has 0 heterocycles. The lowest BCUT2D eigenvalue weighted by Crippen LogP contribution is -1.79. The minimum Gasteiger partial charge on any atom is -0.145 e. The summed E-state index contributed by atoms with van der Waals surface area (Å²) in [6.07, 6.45) is 0. The highest BCUT2D eigenvalue weighted by atomic mass is 79.9. The summed E-state index contributed by atoms with van der Waals surface area (Å²) in [6.45, 7) is 2.00. The van der Waals surface area contributed by atoms with E-state index in [0.29, 0.717) is 5.70 Å². The normalized spacial score (nSPS) is 11.3. The second-order valence-corrected chi connectivity index (χ2v) is 2.91. The van der Waals surface area contributed by atoms with E-state index in [4.69, 9.17) is 0 Å². The molecule has 0 aliphatic carbocycles. The maximum absolute atomic E-state index is 10.3. The van der Waals surface area contributed by atoms with E-state index in [0.717, 1.165) is 5.56 Å². The van der Waals surface area contributed by atoms with Gasteiger partial charge in [0.2, 0.25) is 0 Å². The van der Waals surface area contributed by atoms with E-state index >= 15 is 0 Å². The summed E-state index contributed by atoms with van der Waals surface area (Å²) < 4.78 is 0. The zero-order valence-electron chi connectivity index (χ0n) is 6.62. The largest absolute Gasteiger partial charge is 0.145 e. The van der Waals surface area contributed by atoms with Gasteiger partial charge in [0, 0.05) is 10.5 Å². The van der Waals surface area contributed by atoms with E-state index in [1.807, 2.05) is 31.2 Å². The minimum absolute atomic E-state index is 0.412. The van der Waals surface area contributed by atoms with Gasteiger partial charge in [-0.15, -0.1) is 4.91 Å². The van der Waals surface area contributed by atoms with Gasteiger partial charge in [-0.05, 0) is 12.1 Å². The summed E-state index contributed by atoms with van der Waals surface area (Å²) in [7, 11) is 0. The molecule has 0 spiro atoms. The van der Waals surface area contributed by atoms with Crippen molar-refractivity contribution in [1.82, 2.24) is 0 Å². The number of halogens is 1. The van der Waals surface area contributed by atoms with Crippen molar-refractivity contribution >= 4 is 21.6 Å². The number of hydrogen-bond donors (Lipinski definition) is 0. The van der Waals surface area contributed by atoms with Crippen LogP contribution in [0.4, 0.5) is 0 Å². The summed E-state index contributed by atoms with van der Waals surface area (Å²) in [6, 6.07) is 7.61. The van der Waals surface area contributed by atoms with E-state index in [9.17, 15) is 4.91 Å². The predicted octanol–water partition coefficient (Wildman–Crippen LogP) is 3.45. The fourth-order valence-electron chi connectivity index (χ4n) is 0.860. The van der Waals surface area contributed by atoms with Crippen molar-refractivity contribution in [2.45, 2.75) is 6.92 Å². The fourth-order valence-corrected chi connectivity index (χ4v) is 1.21. The van der Waals surface area contributed by atoms with Crippen molar-refractivity contribution in [2.24, 2.45) is 5.18 Å². The Morgan fingerprint density at radius 2 is 2.00 bits per heavy atom. The van der Waals surface area contributed by atoms with Gasteiger partial charge in [-0.2, -0.15) is 0 Å². The molecule has 0 bridgehead atoms. The second-order valence-electron chi connectivity index (χ2n) is 2.45. The molecule has 0 amide bonds. The topological polar surface area (TPSA) is 29.4 Å². The van der Waals surface area contributed by atoms with Gasteiger partial charge in [0.15, 0.2) is 0 Å². The summed E-state index contributed by atoms with van der Waals surface area (Å²) in [5.74, 6) is 0. The highest BCUT2D eigenvalue weighted by Crippen LogP contribution is 2.17. The Morgan fingerprint density at radius 1 is 1.42 bits per heavy atom. The van der Waals surface area contributed by atoms with Crippen LogP contribution in [0.3, 0.4) is 0 Å². The number of benzene rings is 1. The molecule has 0 aliphatic heterocycles. The molecule has 0 saturated heterocycles. The summed E-state index contributed by atoms with van der Waals surface area (Å²) in [5.41, 5.74) is 2.40. The molecular formula is C9H8BrNO. The predicted molar refractivity (Wildman–Crippen MR) is 53.9 cm³/mol. The molecule has 1 aromatic carbocycles.